The van der Waals surface area contributed by atoms with Crippen LogP contribution in [0.1, 0.15) is 32.1 Å². The molecule has 1 saturated carbocycles. The zero-order chi connectivity index (χ0) is 12.7. The summed E-state index contributed by atoms with van der Waals surface area (Å²) >= 11 is 0. The lowest BCUT2D eigenvalue weighted by atomic mass is 10.2. The minimum atomic E-state index is -0.0246. The number of amides is 2. The summed E-state index contributed by atoms with van der Waals surface area (Å²) in [4.78, 5) is 24.2. The molecular formula is C12H23N3O2. The molecule has 0 aromatic rings. The highest BCUT2D eigenvalue weighted by molar-refractivity contribution is 5.79. The van der Waals surface area contributed by atoms with Crippen LogP contribution in [0.2, 0.25) is 0 Å². The van der Waals surface area contributed by atoms with Crippen LogP contribution in [0.25, 0.3) is 0 Å². The number of carbonyl (C=O) groups is 2. The first kappa shape index (κ1) is 14.0. The summed E-state index contributed by atoms with van der Waals surface area (Å²) in [6.45, 7) is 0.781. The fraction of sp³-hybridized carbons (Fsp3) is 0.833. The van der Waals surface area contributed by atoms with Gasteiger partial charge in [-0.15, -0.1) is 0 Å². The Bertz CT molecular complexity index is 260. The van der Waals surface area contributed by atoms with Gasteiger partial charge in [-0.05, 0) is 12.8 Å². The fourth-order valence-electron chi connectivity index (χ4n) is 1.96. The maximum absolute atomic E-state index is 11.5. The van der Waals surface area contributed by atoms with E-state index in [4.69, 9.17) is 0 Å². The third-order valence-electron chi connectivity index (χ3n) is 3.07. The highest BCUT2D eigenvalue weighted by Gasteiger charge is 2.15. The minimum absolute atomic E-state index is 0.0246. The van der Waals surface area contributed by atoms with Gasteiger partial charge in [-0.3, -0.25) is 9.59 Å². The van der Waals surface area contributed by atoms with Gasteiger partial charge in [0.25, 0.3) is 0 Å². The first-order chi connectivity index (χ1) is 8.09. The maximum Gasteiger partial charge on any atom is 0.233 e. The third kappa shape index (κ3) is 5.68. The first-order valence-corrected chi connectivity index (χ1v) is 6.30. The van der Waals surface area contributed by atoms with Crippen LogP contribution >= 0.6 is 0 Å². The van der Waals surface area contributed by atoms with Crippen molar-refractivity contribution in [1.29, 1.82) is 0 Å². The van der Waals surface area contributed by atoms with Gasteiger partial charge >= 0.3 is 0 Å². The number of carbonyl (C=O) groups excluding carboxylic acids is 2. The lowest BCUT2D eigenvalue weighted by Gasteiger charge is -2.12. The predicted molar refractivity (Wildman–Crippen MR) is 66.6 cm³/mol. The zero-order valence-electron chi connectivity index (χ0n) is 10.8. The van der Waals surface area contributed by atoms with Gasteiger partial charge in [0.1, 0.15) is 0 Å². The molecule has 17 heavy (non-hydrogen) atoms. The normalized spacial score (nSPS) is 15.9. The SMILES string of the molecule is CN(C)C(=O)CCNC(=O)CNC1CCCC1. The van der Waals surface area contributed by atoms with E-state index < -0.39 is 0 Å². The molecular weight excluding hydrogens is 218 g/mol. The zero-order valence-corrected chi connectivity index (χ0v) is 10.8. The molecule has 98 valence electrons. The number of nitrogens with zero attached hydrogens (tertiary/aromatic N) is 1. The van der Waals surface area contributed by atoms with Gasteiger partial charge in [0.05, 0.1) is 6.54 Å². The molecule has 5 heteroatoms. The minimum Gasteiger partial charge on any atom is -0.354 e. The molecule has 0 unspecified atom stereocenters. The number of rotatable bonds is 6. The number of hydrogen-bond donors (Lipinski definition) is 2. The molecule has 0 bridgehead atoms. The summed E-state index contributed by atoms with van der Waals surface area (Å²) in [5.74, 6) is 0.0116. The van der Waals surface area contributed by atoms with E-state index in [9.17, 15) is 9.59 Å². The van der Waals surface area contributed by atoms with E-state index in [0.717, 1.165) is 0 Å². The molecule has 0 saturated heterocycles. The predicted octanol–water partition coefficient (Wildman–Crippen LogP) is 0.113. The molecule has 2 amide bonds. The van der Waals surface area contributed by atoms with Crippen molar-refractivity contribution in [3.63, 3.8) is 0 Å². The van der Waals surface area contributed by atoms with Gasteiger partial charge in [-0.1, -0.05) is 12.8 Å². The summed E-state index contributed by atoms with van der Waals surface area (Å²) in [6, 6.07) is 0.504. The Balaban J connectivity index is 2.02. The molecule has 0 heterocycles. The molecule has 0 aromatic heterocycles. The molecule has 0 radical (unpaired) electrons. The topological polar surface area (TPSA) is 61.4 Å². The van der Waals surface area contributed by atoms with Crippen molar-refractivity contribution in [2.75, 3.05) is 27.2 Å². The molecule has 1 fully saturated rings. The van der Waals surface area contributed by atoms with Crippen LogP contribution < -0.4 is 10.6 Å². The Morgan fingerprint density at radius 2 is 1.88 bits per heavy atom. The van der Waals surface area contributed by atoms with Crippen LogP contribution in [-0.4, -0.2) is 49.9 Å². The van der Waals surface area contributed by atoms with Gasteiger partial charge in [0, 0.05) is 33.1 Å². The molecule has 5 nitrogen and oxygen atoms in total. The lowest BCUT2D eigenvalue weighted by molar-refractivity contribution is -0.128. The molecule has 1 aliphatic carbocycles. The van der Waals surface area contributed by atoms with E-state index in [-0.39, 0.29) is 11.8 Å². The Labute approximate surface area is 103 Å². The van der Waals surface area contributed by atoms with Crippen LogP contribution in [0.4, 0.5) is 0 Å². The summed E-state index contributed by atoms with van der Waals surface area (Å²) < 4.78 is 0. The highest BCUT2D eigenvalue weighted by Crippen LogP contribution is 2.17. The average molecular weight is 241 g/mol. The lowest BCUT2D eigenvalue weighted by Crippen LogP contribution is -2.39. The Morgan fingerprint density at radius 1 is 1.24 bits per heavy atom. The fourth-order valence-corrected chi connectivity index (χ4v) is 1.96. The molecule has 0 aliphatic heterocycles. The first-order valence-electron chi connectivity index (χ1n) is 6.30. The molecule has 0 atom stereocenters. The van der Waals surface area contributed by atoms with Crippen molar-refractivity contribution in [2.24, 2.45) is 0 Å². The van der Waals surface area contributed by atoms with E-state index in [1.54, 1.807) is 14.1 Å². The van der Waals surface area contributed by atoms with E-state index in [1.807, 2.05) is 0 Å². The van der Waals surface area contributed by atoms with Crippen molar-refractivity contribution in [2.45, 2.75) is 38.1 Å². The summed E-state index contributed by atoms with van der Waals surface area (Å²) in [6.07, 6.45) is 5.23. The van der Waals surface area contributed by atoms with Crippen molar-refractivity contribution in [3.8, 4) is 0 Å². The van der Waals surface area contributed by atoms with Gasteiger partial charge in [-0.25, -0.2) is 0 Å². The number of nitrogens with one attached hydrogen (secondary N) is 2. The van der Waals surface area contributed by atoms with E-state index in [1.165, 1.54) is 30.6 Å². The monoisotopic (exact) mass is 241 g/mol. The van der Waals surface area contributed by atoms with Crippen LogP contribution in [0, 0.1) is 0 Å². The molecule has 2 N–H and O–H groups in total. The van der Waals surface area contributed by atoms with Crippen LogP contribution in [0.5, 0.6) is 0 Å². The standard InChI is InChI=1S/C12H23N3O2/c1-15(2)12(17)7-8-13-11(16)9-14-10-5-3-4-6-10/h10,14H,3-9H2,1-2H3,(H,13,16). The second kappa shape index (κ2) is 7.27. The highest BCUT2D eigenvalue weighted by atomic mass is 16.2. The summed E-state index contributed by atoms with van der Waals surface area (Å²) in [5.41, 5.74) is 0. The van der Waals surface area contributed by atoms with Gasteiger partial charge in [-0.2, -0.15) is 0 Å². The maximum atomic E-state index is 11.5. The molecule has 1 aliphatic rings. The van der Waals surface area contributed by atoms with E-state index in [0.29, 0.717) is 25.6 Å². The largest absolute Gasteiger partial charge is 0.354 e. The third-order valence-corrected chi connectivity index (χ3v) is 3.07. The summed E-state index contributed by atoms with van der Waals surface area (Å²) in [5, 5.41) is 5.98. The second-order valence-corrected chi connectivity index (χ2v) is 4.75. The second-order valence-electron chi connectivity index (χ2n) is 4.75. The van der Waals surface area contributed by atoms with E-state index in [2.05, 4.69) is 10.6 Å². The van der Waals surface area contributed by atoms with Crippen molar-refractivity contribution >= 4 is 11.8 Å². The molecule has 1 rings (SSSR count). The van der Waals surface area contributed by atoms with Gasteiger partial charge in [0.2, 0.25) is 11.8 Å². The van der Waals surface area contributed by atoms with Crippen LogP contribution in [0.15, 0.2) is 0 Å². The van der Waals surface area contributed by atoms with Crippen LogP contribution in [-0.2, 0) is 9.59 Å². The van der Waals surface area contributed by atoms with Crippen molar-refractivity contribution in [1.82, 2.24) is 15.5 Å². The van der Waals surface area contributed by atoms with Crippen LogP contribution in [0.3, 0.4) is 0 Å². The molecule has 0 aromatic carbocycles. The van der Waals surface area contributed by atoms with Crippen molar-refractivity contribution < 1.29 is 9.59 Å². The number of hydrogen-bond acceptors (Lipinski definition) is 3. The van der Waals surface area contributed by atoms with E-state index >= 15 is 0 Å². The average Bonchev–Trinajstić information content (AvgIpc) is 2.78. The smallest absolute Gasteiger partial charge is 0.233 e. The van der Waals surface area contributed by atoms with Crippen molar-refractivity contribution in [3.05, 3.63) is 0 Å². The Morgan fingerprint density at radius 3 is 2.47 bits per heavy atom. The molecule has 0 spiro atoms. The summed E-state index contributed by atoms with van der Waals surface area (Å²) in [7, 11) is 3.43. The van der Waals surface area contributed by atoms with Gasteiger partial charge < -0.3 is 15.5 Å². The Hall–Kier alpha value is -1.10. The quantitative estimate of drug-likeness (QED) is 0.694. The van der Waals surface area contributed by atoms with Gasteiger partial charge in [0.15, 0.2) is 0 Å². The Kier molecular flexibility index (Phi) is 5.97.